The van der Waals surface area contributed by atoms with Gasteiger partial charge in [0, 0.05) is 23.9 Å². The third kappa shape index (κ3) is 166. The zero-order valence-electron chi connectivity index (χ0n) is 3.21. The molecule has 0 aliphatic heterocycles. The van der Waals surface area contributed by atoms with Gasteiger partial charge in [0.15, 0.2) is 0 Å². The Morgan fingerprint density at radius 1 is 0.500 bits per heavy atom. The van der Waals surface area contributed by atoms with Crippen molar-refractivity contribution in [2.24, 2.45) is 0 Å². The van der Waals surface area contributed by atoms with Gasteiger partial charge >= 0.3 is 0 Å². The molecule has 0 aliphatic rings. The minimum Gasteiger partial charge on any atom is -0.412 e. The predicted molar refractivity (Wildman–Crippen MR) is 25.2 cm³/mol. The molecular weight excluding hydrogens is 197 g/mol. The Balaban J connectivity index is 0. The van der Waals surface area contributed by atoms with Crippen LogP contribution in [0.3, 0.4) is 0 Å². The fourth-order valence-electron chi connectivity index (χ4n) is 0. The van der Waals surface area contributed by atoms with Crippen LogP contribution in [0, 0.1) is 0 Å². The Morgan fingerprint density at radius 2 is 0.500 bits per heavy atom. The van der Waals surface area contributed by atoms with Crippen LogP contribution in [0.15, 0.2) is 0 Å². The maximum absolute atomic E-state index is 0. The first-order valence-corrected chi connectivity index (χ1v) is 0. The molecule has 4 radical (unpaired) electrons. The summed E-state index contributed by atoms with van der Waals surface area (Å²) in [5, 5.41) is 0. The van der Waals surface area contributed by atoms with Crippen molar-refractivity contribution in [2.45, 2.75) is 0 Å². The summed E-state index contributed by atoms with van der Waals surface area (Å²) in [6.07, 6.45) is 0. The molecule has 0 aromatic carbocycles. The average molecular weight is 208 g/mol. The summed E-state index contributed by atoms with van der Waals surface area (Å²) in [4.78, 5) is 0. The Hall–Kier alpha value is 0.599. The quantitative estimate of drug-likeness (QED) is 0.401. The Labute approximate surface area is 52.5 Å². The summed E-state index contributed by atoms with van der Waals surface area (Å²) >= 11 is 0. The molecule has 0 aliphatic carbocycles. The van der Waals surface area contributed by atoms with Crippen LogP contribution in [-0.4, -0.2) is 45.8 Å². The summed E-state index contributed by atoms with van der Waals surface area (Å²) in [6.45, 7) is 0. The van der Waals surface area contributed by atoms with E-state index in [4.69, 9.17) is 0 Å². The molecule has 5 nitrogen and oxygen atoms in total. The SMILES string of the molecule is N.O.O.O.O.[Sn]. The van der Waals surface area contributed by atoms with Crippen LogP contribution in [0.2, 0.25) is 0 Å². The first kappa shape index (κ1) is 577. The molecule has 0 unspecified atom stereocenters. The molecule has 0 rings (SSSR count). The first-order chi connectivity index (χ1) is 0. The largest absolute Gasteiger partial charge is 0.412 e. The second kappa shape index (κ2) is 330. The maximum atomic E-state index is 0. The summed E-state index contributed by atoms with van der Waals surface area (Å²) < 4.78 is 0. The smallest absolute Gasteiger partial charge is 0 e. The van der Waals surface area contributed by atoms with E-state index in [0.29, 0.717) is 0 Å². The van der Waals surface area contributed by atoms with E-state index in [-0.39, 0.29) is 52.0 Å². The van der Waals surface area contributed by atoms with Crippen molar-refractivity contribution in [3.63, 3.8) is 0 Å². The van der Waals surface area contributed by atoms with Gasteiger partial charge in [-0.2, -0.15) is 0 Å². The monoisotopic (exact) mass is 209 g/mol. The third-order valence-electron chi connectivity index (χ3n) is 0. The minimum atomic E-state index is 0. The zero-order valence-corrected chi connectivity index (χ0v) is 6.06. The molecule has 0 heterocycles. The van der Waals surface area contributed by atoms with Gasteiger partial charge in [-0.15, -0.1) is 0 Å². The normalized spacial score (nSPS) is 0. The van der Waals surface area contributed by atoms with Crippen LogP contribution in [0.25, 0.3) is 0 Å². The van der Waals surface area contributed by atoms with Crippen LogP contribution < -0.4 is 6.15 Å². The van der Waals surface area contributed by atoms with Gasteiger partial charge in [0.1, 0.15) is 0 Å². The second-order valence-corrected chi connectivity index (χ2v) is 0. The molecule has 0 aromatic rings. The molecule has 6 heavy (non-hydrogen) atoms. The Kier molecular flexibility index (Phi) is 31800. The second-order valence-electron chi connectivity index (χ2n) is 0. The van der Waals surface area contributed by atoms with Crippen molar-refractivity contribution in [1.82, 2.24) is 6.15 Å². The molecule has 0 atom stereocenters. The number of rotatable bonds is 0. The topological polar surface area (TPSA) is 161 Å². The van der Waals surface area contributed by atoms with Gasteiger partial charge in [0.25, 0.3) is 0 Å². The molecule has 0 aromatic heterocycles. The van der Waals surface area contributed by atoms with Crippen molar-refractivity contribution in [3.05, 3.63) is 0 Å². The standard InChI is InChI=1S/H3N.4H2O.Sn/h1H3;4*1H2;. The van der Waals surface area contributed by atoms with Crippen LogP contribution in [0.1, 0.15) is 0 Å². The zero-order chi connectivity index (χ0) is 0. The molecule has 11 N–H and O–H groups in total. The number of hydrogen-bond acceptors (Lipinski definition) is 1. The van der Waals surface area contributed by atoms with Gasteiger partial charge in [0.2, 0.25) is 0 Å². The maximum Gasteiger partial charge on any atom is 0 e. The van der Waals surface area contributed by atoms with Gasteiger partial charge in [-0.3, -0.25) is 0 Å². The van der Waals surface area contributed by atoms with E-state index in [1.54, 1.807) is 0 Å². The van der Waals surface area contributed by atoms with E-state index >= 15 is 0 Å². The predicted octanol–water partition coefficient (Wildman–Crippen LogP) is -3.52. The van der Waals surface area contributed by atoms with Gasteiger partial charge in [-0.05, 0) is 0 Å². The summed E-state index contributed by atoms with van der Waals surface area (Å²) in [5.41, 5.74) is 0. The van der Waals surface area contributed by atoms with Crippen molar-refractivity contribution < 1.29 is 21.9 Å². The fourth-order valence-corrected chi connectivity index (χ4v) is 0. The van der Waals surface area contributed by atoms with Crippen molar-refractivity contribution >= 4 is 23.9 Å². The van der Waals surface area contributed by atoms with Gasteiger partial charge in [-0.1, -0.05) is 0 Å². The van der Waals surface area contributed by atoms with Gasteiger partial charge in [-0.25, -0.2) is 0 Å². The van der Waals surface area contributed by atoms with Crippen LogP contribution in [0.4, 0.5) is 0 Å². The van der Waals surface area contributed by atoms with Crippen LogP contribution in [0.5, 0.6) is 0 Å². The Morgan fingerprint density at radius 3 is 0.500 bits per heavy atom. The molecule has 0 spiro atoms. The molecule has 0 saturated carbocycles. The fraction of sp³-hybridized carbons (Fsp3) is 0. The summed E-state index contributed by atoms with van der Waals surface area (Å²) in [6, 6.07) is 0. The Bertz CT molecular complexity index is 7.51. The molecule has 0 saturated heterocycles. The van der Waals surface area contributed by atoms with Crippen molar-refractivity contribution in [1.29, 1.82) is 0 Å². The van der Waals surface area contributed by atoms with Crippen molar-refractivity contribution in [2.75, 3.05) is 0 Å². The van der Waals surface area contributed by atoms with E-state index in [2.05, 4.69) is 0 Å². The van der Waals surface area contributed by atoms with Gasteiger partial charge in [0.05, 0.1) is 0 Å². The molecule has 44 valence electrons. The van der Waals surface area contributed by atoms with Crippen LogP contribution in [-0.2, 0) is 0 Å². The van der Waals surface area contributed by atoms with E-state index < -0.39 is 0 Å². The van der Waals surface area contributed by atoms with Gasteiger partial charge < -0.3 is 28.1 Å². The van der Waals surface area contributed by atoms with E-state index in [0.717, 1.165) is 0 Å². The molecule has 0 bridgehead atoms. The molecule has 0 fully saturated rings. The van der Waals surface area contributed by atoms with E-state index in [1.165, 1.54) is 0 Å². The average Bonchev–Trinajstić information content (AvgIpc) is 0. The van der Waals surface area contributed by atoms with Crippen LogP contribution >= 0.6 is 0 Å². The van der Waals surface area contributed by atoms with Crippen molar-refractivity contribution in [3.8, 4) is 0 Å². The summed E-state index contributed by atoms with van der Waals surface area (Å²) in [5.74, 6) is 0. The first-order valence-electron chi connectivity index (χ1n) is 0. The molecular formula is H11NO4Sn. The third-order valence-corrected chi connectivity index (χ3v) is 0. The molecule has 0 amide bonds. The number of hydrogen-bond donors (Lipinski definition) is 1. The van der Waals surface area contributed by atoms with E-state index in [1.807, 2.05) is 0 Å². The van der Waals surface area contributed by atoms with E-state index in [9.17, 15) is 0 Å². The molecule has 6 heteroatoms. The summed E-state index contributed by atoms with van der Waals surface area (Å²) in [7, 11) is 0. The minimum absolute atomic E-state index is 0.